The second-order valence-electron chi connectivity index (χ2n) is 6.44. The molecule has 2 rings (SSSR count). The number of halogens is 1. The standard InChI is InChI=1S/C20H28N4O.ClH/c1-4-24(5-2)18-10-11-19(15(3)12-18)22-14-16(13-21)20(25)23-17-8-6-7-9-17;/h10-12,14,17,22H,4-9H2,1-3H3,(H,23,25);1H/p-1/b16-14-;. The summed E-state index contributed by atoms with van der Waals surface area (Å²) in [6, 6.07) is 8.36. The molecule has 5 nitrogen and oxygen atoms in total. The van der Waals surface area contributed by atoms with E-state index in [2.05, 4.69) is 41.5 Å². The molecule has 0 radical (unpaired) electrons. The van der Waals surface area contributed by atoms with Crippen LogP contribution in [-0.2, 0) is 4.79 Å². The van der Waals surface area contributed by atoms with Gasteiger partial charge in [0.25, 0.3) is 5.91 Å². The minimum absolute atomic E-state index is 0. The Morgan fingerprint density at radius 3 is 2.50 bits per heavy atom. The lowest BCUT2D eigenvalue weighted by molar-refractivity contribution is -0.117. The second-order valence-corrected chi connectivity index (χ2v) is 6.44. The molecule has 26 heavy (non-hydrogen) atoms. The molecule has 1 aliphatic rings. The van der Waals surface area contributed by atoms with E-state index in [1.165, 1.54) is 11.9 Å². The number of nitriles is 1. The molecule has 0 aliphatic heterocycles. The normalized spacial score (nSPS) is 14.3. The highest BCUT2D eigenvalue weighted by atomic mass is 35.5. The van der Waals surface area contributed by atoms with Gasteiger partial charge < -0.3 is 27.9 Å². The van der Waals surface area contributed by atoms with E-state index in [0.717, 1.165) is 50.0 Å². The first-order valence-electron chi connectivity index (χ1n) is 9.12. The van der Waals surface area contributed by atoms with Gasteiger partial charge >= 0.3 is 0 Å². The number of carbonyl (C=O) groups is 1. The fourth-order valence-electron chi connectivity index (χ4n) is 3.23. The summed E-state index contributed by atoms with van der Waals surface area (Å²) in [6.07, 6.45) is 5.80. The van der Waals surface area contributed by atoms with Crippen molar-refractivity contribution in [2.45, 2.75) is 52.5 Å². The van der Waals surface area contributed by atoms with Crippen LogP contribution in [0.4, 0.5) is 11.4 Å². The number of nitrogens with one attached hydrogen (secondary N) is 2. The van der Waals surface area contributed by atoms with E-state index in [9.17, 15) is 10.1 Å². The van der Waals surface area contributed by atoms with E-state index >= 15 is 0 Å². The Morgan fingerprint density at radius 1 is 1.31 bits per heavy atom. The maximum absolute atomic E-state index is 12.2. The monoisotopic (exact) mass is 375 g/mol. The zero-order valence-corrected chi connectivity index (χ0v) is 16.6. The van der Waals surface area contributed by atoms with Crippen molar-refractivity contribution in [2.24, 2.45) is 0 Å². The first kappa shape index (κ1) is 21.9. The summed E-state index contributed by atoms with van der Waals surface area (Å²) in [7, 11) is 0. The van der Waals surface area contributed by atoms with Crippen molar-refractivity contribution < 1.29 is 17.2 Å². The third-order valence-electron chi connectivity index (χ3n) is 4.77. The van der Waals surface area contributed by atoms with E-state index in [4.69, 9.17) is 0 Å². The third-order valence-corrected chi connectivity index (χ3v) is 4.77. The van der Waals surface area contributed by atoms with Crippen molar-refractivity contribution in [2.75, 3.05) is 23.3 Å². The van der Waals surface area contributed by atoms with Gasteiger partial charge in [-0.05, 0) is 57.4 Å². The molecule has 0 saturated heterocycles. The average Bonchev–Trinajstić information content (AvgIpc) is 3.11. The molecule has 0 unspecified atom stereocenters. The number of hydrogen-bond donors (Lipinski definition) is 2. The molecule has 0 atom stereocenters. The molecular weight excluding hydrogens is 348 g/mol. The number of anilines is 2. The summed E-state index contributed by atoms with van der Waals surface area (Å²) in [5.41, 5.74) is 3.27. The van der Waals surface area contributed by atoms with Gasteiger partial charge in [0.05, 0.1) is 0 Å². The van der Waals surface area contributed by atoms with Crippen LogP contribution in [0.25, 0.3) is 0 Å². The molecule has 1 aromatic rings. The predicted molar refractivity (Wildman–Crippen MR) is 102 cm³/mol. The minimum atomic E-state index is -0.292. The number of benzene rings is 1. The zero-order chi connectivity index (χ0) is 18.2. The fraction of sp³-hybridized carbons (Fsp3) is 0.500. The van der Waals surface area contributed by atoms with Crippen LogP contribution in [0.1, 0.15) is 45.1 Å². The first-order chi connectivity index (χ1) is 12.1. The van der Waals surface area contributed by atoms with Crippen LogP contribution < -0.4 is 27.9 Å². The van der Waals surface area contributed by atoms with Gasteiger partial charge in [-0.25, -0.2) is 0 Å². The summed E-state index contributed by atoms with van der Waals surface area (Å²) in [4.78, 5) is 14.5. The molecule has 142 valence electrons. The van der Waals surface area contributed by atoms with Gasteiger partial charge in [-0.2, -0.15) is 5.26 Å². The molecule has 6 heteroatoms. The topological polar surface area (TPSA) is 68.2 Å². The fourth-order valence-corrected chi connectivity index (χ4v) is 3.23. The number of hydrogen-bond acceptors (Lipinski definition) is 4. The number of rotatable bonds is 7. The zero-order valence-electron chi connectivity index (χ0n) is 15.8. The number of nitrogens with zero attached hydrogens (tertiary/aromatic N) is 2. The van der Waals surface area contributed by atoms with Gasteiger partial charge in [0.2, 0.25) is 0 Å². The highest BCUT2D eigenvalue weighted by Crippen LogP contribution is 2.23. The molecular formula is C20H28ClN4O-. The van der Waals surface area contributed by atoms with Gasteiger partial charge in [0.15, 0.2) is 0 Å². The maximum Gasteiger partial charge on any atom is 0.263 e. The summed E-state index contributed by atoms with van der Waals surface area (Å²) in [5.74, 6) is -0.292. The molecule has 1 aliphatic carbocycles. The average molecular weight is 376 g/mol. The van der Waals surface area contributed by atoms with Crippen molar-refractivity contribution in [1.82, 2.24) is 5.32 Å². The van der Waals surface area contributed by atoms with E-state index in [0.29, 0.717) is 0 Å². The number of amides is 1. The van der Waals surface area contributed by atoms with Gasteiger partial charge in [0, 0.05) is 36.7 Å². The van der Waals surface area contributed by atoms with Gasteiger partial charge in [-0.15, -0.1) is 0 Å². The van der Waals surface area contributed by atoms with Crippen LogP contribution in [0.5, 0.6) is 0 Å². The van der Waals surface area contributed by atoms with Crippen LogP contribution in [-0.4, -0.2) is 25.0 Å². The number of carbonyl (C=O) groups excluding carboxylic acids is 1. The van der Waals surface area contributed by atoms with E-state index in [1.54, 1.807) is 0 Å². The lowest BCUT2D eigenvalue weighted by Crippen LogP contribution is -3.00. The Morgan fingerprint density at radius 2 is 1.96 bits per heavy atom. The quantitative estimate of drug-likeness (QED) is 0.544. The van der Waals surface area contributed by atoms with Crippen LogP contribution in [0, 0.1) is 18.3 Å². The predicted octanol–water partition coefficient (Wildman–Crippen LogP) is 0.723. The van der Waals surface area contributed by atoms with Crippen molar-refractivity contribution in [3.05, 3.63) is 35.5 Å². The summed E-state index contributed by atoms with van der Waals surface area (Å²) in [6.45, 7) is 8.21. The molecule has 2 N–H and O–H groups in total. The Kier molecular flexibility index (Phi) is 9.01. The Balaban J connectivity index is 0.00000338. The summed E-state index contributed by atoms with van der Waals surface area (Å²) in [5, 5.41) is 15.3. The summed E-state index contributed by atoms with van der Waals surface area (Å²) >= 11 is 0. The third kappa shape index (κ3) is 5.67. The molecule has 1 aromatic carbocycles. The Bertz CT molecular complexity index is 671. The van der Waals surface area contributed by atoms with Gasteiger partial charge in [0.1, 0.15) is 11.6 Å². The van der Waals surface area contributed by atoms with Crippen LogP contribution in [0.15, 0.2) is 30.0 Å². The lowest BCUT2D eigenvalue weighted by Gasteiger charge is -2.22. The van der Waals surface area contributed by atoms with Crippen molar-refractivity contribution in [1.29, 1.82) is 5.26 Å². The van der Waals surface area contributed by atoms with Crippen LogP contribution >= 0.6 is 0 Å². The van der Waals surface area contributed by atoms with Crippen molar-refractivity contribution >= 4 is 17.3 Å². The Hall–Kier alpha value is -2.19. The minimum Gasteiger partial charge on any atom is -1.00 e. The molecule has 0 bridgehead atoms. The largest absolute Gasteiger partial charge is 1.00 e. The molecule has 0 spiro atoms. The number of aryl methyl sites for hydroxylation is 1. The summed E-state index contributed by atoms with van der Waals surface area (Å²) < 4.78 is 0. The van der Waals surface area contributed by atoms with Crippen LogP contribution in [0.2, 0.25) is 0 Å². The van der Waals surface area contributed by atoms with Crippen LogP contribution in [0.3, 0.4) is 0 Å². The van der Waals surface area contributed by atoms with E-state index < -0.39 is 0 Å². The van der Waals surface area contributed by atoms with Gasteiger partial charge in [-0.3, -0.25) is 4.79 Å². The first-order valence-corrected chi connectivity index (χ1v) is 9.12. The van der Waals surface area contributed by atoms with E-state index in [1.807, 2.05) is 19.1 Å². The van der Waals surface area contributed by atoms with Crippen molar-refractivity contribution in [3.8, 4) is 6.07 Å². The van der Waals surface area contributed by atoms with E-state index in [-0.39, 0.29) is 29.9 Å². The van der Waals surface area contributed by atoms with Crippen molar-refractivity contribution in [3.63, 3.8) is 0 Å². The maximum atomic E-state index is 12.2. The highest BCUT2D eigenvalue weighted by molar-refractivity contribution is 5.97. The molecule has 0 aromatic heterocycles. The second kappa shape index (κ2) is 10.7. The smallest absolute Gasteiger partial charge is 0.263 e. The molecule has 1 fully saturated rings. The molecule has 0 heterocycles. The van der Waals surface area contributed by atoms with Gasteiger partial charge in [-0.1, -0.05) is 12.8 Å². The molecule has 1 saturated carbocycles. The molecule has 1 amide bonds. The highest BCUT2D eigenvalue weighted by Gasteiger charge is 2.19. The SMILES string of the molecule is CCN(CC)c1ccc(N/C=C(/C#N)C(=O)NC2CCCC2)c(C)c1.[Cl-]. The lowest BCUT2D eigenvalue weighted by atomic mass is 10.1. The Labute approximate surface area is 162 Å².